The van der Waals surface area contributed by atoms with Gasteiger partial charge in [-0.15, -0.1) is 11.3 Å². The first-order valence-corrected chi connectivity index (χ1v) is 6.68. The number of hydrogen-bond acceptors (Lipinski definition) is 2. The van der Waals surface area contributed by atoms with E-state index in [1.54, 1.807) is 6.07 Å². The topological polar surface area (TPSA) is 29.1 Å². The van der Waals surface area contributed by atoms with E-state index >= 15 is 0 Å². The average molecular weight is 281 g/mol. The zero-order valence-electron chi connectivity index (χ0n) is 10.6. The van der Waals surface area contributed by atoms with Gasteiger partial charge in [-0.1, -0.05) is 6.92 Å². The number of benzene rings is 1. The molecule has 0 radical (unpaired) electrons. The zero-order chi connectivity index (χ0) is 14.0. The highest BCUT2D eigenvalue weighted by Crippen LogP contribution is 2.23. The average Bonchev–Trinajstić information content (AvgIpc) is 2.75. The van der Waals surface area contributed by atoms with Gasteiger partial charge in [0.2, 0.25) is 0 Å². The Morgan fingerprint density at radius 2 is 2.00 bits per heavy atom. The maximum absolute atomic E-state index is 13.0. The van der Waals surface area contributed by atoms with Crippen molar-refractivity contribution in [3.05, 3.63) is 51.2 Å². The molecule has 0 bridgehead atoms. The van der Waals surface area contributed by atoms with E-state index in [1.807, 2.05) is 13.8 Å². The van der Waals surface area contributed by atoms with Gasteiger partial charge in [-0.2, -0.15) is 0 Å². The van der Waals surface area contributed by atoms with Crippen molar-refractivity contribution in [1.82, 2.24) is 0 Å². The number of anilines is 1. The third kappa shape index (κ3) is 2.98. The number of rotatable bonds is 3. The fourth-order valence-electron chi connectivity index (χ4n) is 1.75. The SMILES string of the molecule is CCc1sc(C(=O)Nc2ccc(F)c(F)c2)cc1C. The summed E-state index contributed by atoms with van der Waals surface area (Å²) in [6.45, 7) is 3.97. The molecule has 2 rings (SSSR count). The molecule has 0 aliphatic rings. The minimum Gasteiger partial charge on any atom is -0.321 e. The summed E-state index contributed by atoms with van der Waals surface area (Å²) in [7, 11) is 0. The lowest BCUT2D eigenvalue weighted by Gasteiger charge is -2.03. The molecule has 2 aromatic rings. The second kappa shape index (κ2) is 5.48. The van der Waals surface area contributed by atoms with Gasteiger partial charge in [0, 0.05) is 16.6 Å². The molecule has 0 spiro atoms. The largest absolute Gasteiger partial charge is 0.321 e. The molecule has 2 nitrogen and oxygen atoms in total. The number of thiophene rings is 1. The Labute approximate surface area is 114 Å². The number of hydrogen-bond donors (Lipinski definition) is 1. The van der Waals surface area contributed by atoms with Crippen LogP contribution in [0.4, 0.5) is 14.5 Å². The second-order valence-electron chi connectivity index (χ2n) is 4.15. The van der Waals surface area contributed by atoms with Crippen LogP contribution in [0.2, 0.25) is 0 Å². The fraction of sp³-hybridized carbons (Fsp3) is 0.214. The molecule has 1 amide bonds. The van der Waals surface area contributed by atoms with Crippen LogP contribution >= 0.6 is 11.3 Å². The monoisotopic (exact) mass is 281 g/mol. The summed E-state index contributed by atoms with van der Waals surface area (Å²) in [5.74, 6) is -2.22. The minimum absolute atomic E-state index is 0.244. The van der Waals surface area contributed by atoms with E-state index in [0.29, 0.717) is 4.88 Å². The third-order valence-electron chi connectivity index (χ3n) is 2.74. The Bertz CT molecular complexity index is 622. The van der Waals surface area contributed by atoms with Gasteiger partial charge in [0.15, 0.2) is 11.6 Å². The molecule has 1 aromatic carbocycles. The summed E-state index contributed by atoms with van der Waals surface area (Å²) >= 11 is 1.41. The molecule has 1 N–H and O–H groups in total. The van der Waals surface area contributed by atoms with E-state index in [0.717, 1.165) is 29.0 Å². The Kier molecular flexibility index (Phi) is 3.95. The lowest BCUT2D eigenvalue weighted by atomic mass is 10.2. The maximum Gasteiger partial charge on any atom is 0.265 e. The molecule has 19 heavy (non-hydrogen) atoms. The molecule has 0 fully saturated rings. The van der Waals surface area contributed by atoms with Gasteiger partial charge in [0.05, 0.1) is 4.88 Å². The van der Waals surface area contributed by atoms with Gasteiger partial charge in [0.25, 0.3) is 5.91 Å². The zero-order valence-corrected chi connectivity index (χ0v) is 11.4. The molecule has 0 saturated carbocycles. The fourth-order valence-corrected chi connectivity index (χ4v) is 2.76. The lowest BCUT2D eigenvalue weighted by Crippen LogP contribution is -2.10. The van der Waals surface area contributed by atoms with E-state index in [-0.39, 0.29) is 11.6 Å². The van der Waals surface area contributed by atoms with Crippen molar-refractivity contribution in [2.24, 2.45) is 0 Å². The van der Waals surface area contributed by atoms with Crippen LogP contribution in [0.25, 0.3) is 0 Å². The maximum atomic E-state index is 13.0. The van der Waals surface area contributed by atoms with Gasteiger partial charge < -0.3 is 5.32 Å². The molecule has 1 heterocycles. The van der Waals surface area contributed by atoms with E-state index in [2.05, 4.69) is 5.32 Å². The molecular weight excluding hydrogens is 268 g/mol. The highest BCUT2D eigenvalue weighted by molar-refractivity contribution is 7.14. The van der Waals surface area contributed by atoms with Crippen molar-refractivity contribution in [1.29, 1.82) is 0 Å². The molecule has 0 aliphatic heterocycles. The number of carbonyl (C=O) groups is 1. The highest BCUT2D eigenvalue weighted by Gasteiger charge is 2.12. The smallest absolute Gasteiger partial charge is 0.265 e. The summed E-state index contributed by atoms with van der Waals surface area (Å²) in [6, 6.07) is 5.09. The Morgan fingerprint density at radius 1 is 1.26 bits per heavy atom. The molecule has 0 unspecified atom stereocenters. The van der Waals surface area contributed by atoms with Gasteiger partial charge in [-0.3, -0.25) is 4.79 Å². The van der Waals surface area contributed by atoms with Gasteiger partial charge >= 0.3 is 0 Å². The van der Waals surface area contributed by atoms with E-state index in [4.69, 9.17) is 0 Å². The first-order valence-electron chi connectivity index (χ1n) is 5.87. The van der Waals surface area contributed by atoms with Gasteiger partial charge in [-0.25, -0.2) is 8.78 Å². The standard InChI is InChI=1S/C14H13F2NOS/c1-3-12-8(2)6-13(19-12)14(18)17-9-4-5-10(15)11(16)7-9/h4-7H,3H2,1-2H3,(H,17,18). The summed E-state index contributed by atoms with van der Waals surface area (Å²) in [5.41, 5.74) is 1.32. The number of carbonyl (C=O) groups excluding carboxylic acids is 1. The normalized spacial score (nSPS) is 10.5. The van der Waals surface area contributed by atoms with Crippen LogP contribution in [0, 0.1) is 18.6 Å². The van der Waals surface area contributed by atoms with Crippen molar-refractivity contribution in [3.63, 3.8) is 0 Å². The third-order valence-corrected chi connectivity index (χ3v) is 4.12. The number of nitrogens with one attached hydrogen (secondary N) is 1. The van der Waals surface area contributed by atoms with E-state index in [1.165, 1.54) is 17.4 Å². The molecule has 0 saturated heterocycles. The molecule has 100 valence electrons. The summed E-state index contributed by atoms with van der Waals surface area (Å²) in [5, 5.41) is 2.56. The first-order chi connectivity index (χ1) is 9.01. The van der Waals surface area contributed by atoms with Crippen LogP contribution in [0.5, 0.6) is 0 Å². The minimum atomic E-state index is -0.977. The predicted molar refractivity (Wildman–Crippen MR) is 72.7 cm³/mol. The predicted octanol–water partition coefficient (Wildman–Crippen LogP) is 4.15. The van der Waals surface area contributed by atoms with Crippen LogP contribution in [-0.4, -0.2) is 5.91 Å². The Morgan fingerprint density at radius 3 is 2.58 bits per heavy atom. The van der Waals surface area contributed by atoms with Crippen LogP contribution in [0.15, 0.2) is 24.3 Å². The van der Waals surface area contributed by atoms with Crippen molar-refractivity contribution in [3.8, 4) is 0 Å². The summed E-state index contributed by atoms with van der Waals surface area (Å²) < 4.78 is 25.8. The van der Waals surface area contributed by atoms with E-state index < -0.39 is 11.6 Å². The van der Waals surface area contributed by atoms with Gasteiger partial charge in [0.1, 0.15) is 0 Å². The van der Waals surface area contributed by atoms with Crippen LogP contribution in [-0.2, 0) is 6.42 Å². The molecule has 0 aliphatic carbocycles. The highest BCUT2D eigenvalue weighted by atomic mass is 32.1. The number of amides is 1. The molecule has 0 atom stereocenters. The Balaban J connectivity index is 2.18. The van der Waals surface area contributed by atoms with Crippen LogP contribution in [0.1, 0.15) is 27.0 Å². The van der Waals surface area contributed by atoms with Crippen molar-refractivity contribution < 1.29 is 13.6 Å². The van der Waals surface area contributed by atoms with Crippen LogP contribution in [0.3, 0.4) is 0 Å². The van der Waals surface area contributed by atoms with E-state index in [9.17, 15) is 13.6 Å². The van der Waals surface area contributed by atoms with Crippen molar-refractivity contribution in [2.75, 3.05) is 5.32 Å². The number of halogens is 2. The molecule has 1 aromatic heterocycles. The molecular formula is C14H13F2NOS. The second-order valence-corrected chi connectivity index (χ2v) is 5.29. The number of aryl methyl sites for hydroxylation is 2. The first kappa shape index (κ1) is 13.7. The Hall–Kier alpha value is -1.75. The van der Waals surface area contributed by atoms with Gasteiger partial charge in [-0.05, 0) is 37.1 Å². The van der Waals surface area contributed by atoms with Crippen molar-refractivity contribution >= 4 is 22.9 Å². The molecule has 5 heteroatoms. The quantitative estimate of drug-likeness (QED) is 0.899. The summed E-state index contributed by atoms with van der Waals surface area (Å²) in [4.78, 5) is 13.7. The van der Waals surface area contributed by atoms with Crippen molar-refractivity contribution in [2.45, 2.75) is 20.3 Å². The summed E-state index contributed by atoms with van der Waals surface area (Å²) in [6.07, 6.45) is 0.870. The lowest BCUT2D eigenvalue weighted by molar-refractivity contribution is 0.103. The van der Waals surface area contributed by atoms with Crippen LogP contribution < -0.4 is 5.32 Å².